The van der Waals surface area contributed by atoms with Crippen molar-refractivity contribution >= 4 is 19.3 Å². The summed E-state index contributed by atoms with van der Waals surface area (Å²) in [6, 6.07) is 1.06. The Morgan fingerprint density at radius 3 is 2.33 bits per heavy atom. The third kappa shape index (κ3) is 4.47. The third-order valence-electron chi connectivity index (χ3n) is 0.564. The van der Waals surface area contributed by atoms with Crippen LogP contribution in [0.2, 0.25) is 6.04 Å². The van der Waals surface area contributed by atoms with E-state index in [0.29, 0.717) is 0 Å². The van der Waals surface area contributed by atoms with E-state index in [-0.39, 0.29) is 0 Å². The van der Waals surface area contributed by atoms with Gasteiger partial charge in [0, 0.05) is 0 Å². The van der Waals surface area contributed by atoms with Gasteiger partial charge in [-0.25, -0.2) is 0 Å². The van der Waals surface area contributed by atoms with E-state index in [1.165, 1.54) is 0 Å². The summed E-state index contributed by atoms with van der Waals surface area (Å²) in [6.07, 6.45) is 1.14. The Morgan fingerprint density at radius 1 is 1.83 bits per heavy atom. The van der Waals surface area contributed by atoms with Gasteiger partial charge in [0.15, 0.2) is 0 Å². The van der Waals surface area contributed by atoms with Crippen molar-refractivity contribution in [2.24, 2.45) is 5.40 Å². The minimum Gasteiger partial charge on any atom is -0.341 e. The molecule has 1 nitrogen and oxygen atoms in total. The second kappa shape index (κ2) is 3.65. The van der Waals surface area contributed by atoms with Crippen molar-refractivity contribution in [3.8, 4) is 0 Å². The molecular formula is C3H10ClNSi. The van der Waals surface area contributed by atoms with Gasteiger partial charge in [0.1, 0.15) is 0 Å². The molecule has 0 aliphatic heterocycles. The molecule has 0 aliphatic carbocycles. The topological polar surface area (TPSA) is 26.0 Å². The number of hydrogen-bond donors (Lipinski definition) is 1. The first-order valence-electron chi connectivity index (χ1n) is 2.17. The minimum absolute atomic E-state index is 1.06. The van der Waals surface area contributed by atoms with Gasteiger partial charge in [-0.05, 0) is 6.04 Å². The highest BCUT2D eigenvalue weighted by atomic mass is 35.6. The van der Waals surface area contributed by atoms with Crippen molar-refractivity contribution in [3.05, 3.63) is 0 Å². The van der Waals surface area contributed by atoms with Crippen molar-refractivity contribution in [3.63, 3.8) is 0 Å². The molecule has 0 amide bonds. The summed E-state index contributed by atoms with van der Waals surface area (Å²) >= 11 is 5.49. The van der Waals surface area contributed by atoms with Crippen LogP contribution in [0.15, 0.2) is 0 Å². The zero-order valence-corrected chi connectivity index (χ0v) is 5.86. The lowest BCUT2D eigenvalue weighted by molar-refractivity contribution is 1.07. The first kappa shape index (κ1) is 6.47. The van der Waals surface area contributed by atoms with Gasteiger partial charge in [0.25, 0.3) is 0 Å². The van der Waals surface area contributed by atoms with E-state index in [0.717, 1.165) is 12.5 Å². The lowest BCUT2D eigenvalue weighted by Gasteiger charge is -1.90. The van der Waals surface area contributed by atoms with Crippen LogP contribution in [0.5, 0.6) is 0 Å². The first-order chi connectivity index (χ1) is 2.77. The summed E-state index contributed by atoms with van der Waals surface area (Å²) in [5.74, 6) is 0. The fraction of sp³-hybridized carbons (Fsp3) is 1.00. The molecule has 3 heteroatoms. The molecule has 0 heterocycles. The Morgan fingerprint density at radius 2 is 2.33 bits per heavy atom. The summed E-state index contributed by atoms with van der Waals surface area (Å²) < 4.78 is 0. The number of rotatable bonds is 2. The smallest absolute Gasteiger partial charge is 0.208 e. The molecule has 1 atom stereocenters. The Hall–Kier alpha value is 0.467. The van der Waals surface area contributed by atoms with Crippen molar-refractivity contribution < 1.29 is 0 Å². The van der Waals surface area contributed by atoms with Crippen LogP contribution in [0.4, 0.5) is 0 Å². The first-order valence-corrected chi connectivity index (χ1v) is 5.40. The number of halogens is 1. The Bertz CT molecular complexity index is 32.0. The van der Waals surface area contributed by atoms with Crippen LogP contribution in [0.25, 0.3) is 0 Å². The normalized spacial score (nSPS) is 14.5. The maximum atomic E-state index is 5.49. The molecule has 0 aromatic rings. The predicted octanol–water partition coefficient (Wildman–Crippen LogP) is 0.814. The second-order valence-corrected chi connectivity index (χ2v) is 4.60. The summed E-state index contributed by atoms with van der Waals surface area (Å²) in [5.41, 5.74) is 0. The molecule has 0 aromatic heterocycles. The summed E-state index contributed by atoms with van der Waals surface area (Å²) in [5, 5.41) is 5.31. The molecule has 0 radical (unpaired) electrons. The maximum absolute atomic E-state index is 5.49. The maximum Gasteiger partial charge on any atom is 0.208 e. The predicted molar refractivity (Wildman–Crippen MR) is 32.3 cm³/mol. The molecule has 0 bridgehead atoms. The van der Waals surface area contributed by atoms with Gasteiger partial charge in [-0.2, -0.15) is 11.1 Å². The molecule has 0 aliphatic rings. The van der Waals surface area contributed by atoms with Crippen LogP contribution in [0.3, 0.4) is 0 Å². The summed E-state index contributed by atoms with van der Waals surface area (Å²) in [6.45, 7) is 2.09. The van der Waals surface area contributed by atoms with E-state index in [4.69, 9.17) is 16.5 Å². The summed E-state index contributed by atoms with van der Waals surface area (Å²) in [7, 11) is -1.20. The Labute approximate surface area is 44.9 Å². The highest BCUT2D eigenvalue weighted by Crippen LogP contribution is 1.92. The highest BCUT2D eigenvalue weighted by Gasteiger charge is 1.92. The highest BCUT2D eigenvalue weighted by molar-refractivity contribution is 7.05. The van der Waals surface area contributed by atoms with Crippen LogP contribution < -0.4 is 5.40 Å². The third-order valence-corrected chi connectivity index (χ3v) is 2.35. The molecule has 0 spiro atoms. The fourth-order valence-corrected chi connectivity index (χ4v) is 1.48. The molecule has 2 N–H and O–H groups in total. The van der Waals surface area contributed by atoms with Crippen LogP contribution in [0, 0.1) is 0 Å². The largest absolute Gasteiger partial charge is 0.341 e. The van der Waals surface area contributed by atoms with E-state index < -0.39 is 8.27 Å². The molecule has 38 valence electrons. The fourth-order valence-electron chi connectivity index (χ4n) is 0.276. The van der Waals surface area contributed by atoms with Gasteiger partial charge in [-0.3, -0.25) is 0 Å². The van der Waals surface area contributed by atoms with E-state index in [1.54, 1.807) is 0 Å². The lowest BCUT2D eigenvalue weighted by atomic mass is 10.6. The average Bonchev–Trinajstić information content (AvgIpc) is 1.35. The lowest BCUT2D eigenvalue weighted by Crippen LogP contribution is -2.16. The van der Waals surface area contributed by atoms with E-state index in [1.807, 2.05) is 0 Å². The molecule has 0 rings (SSSR count). The van der Waals surface area contributed by atoms with Crippen molar-refractivity contribution in [1.29, 1.82) is 0 Å². The van der Waals surface area contributed by atoms with Crippen LogP contribution in [0.1, 0.15) is 13.3 Å². The van der Waals surface area contributed by atoms with E-state index >= 15 is 0 Å². The number of nitrogens with two attached hydrogens (primary N) is 1. The number of hydrogen-bond acceptors (Lipinski definition) is 1. The molecule has 0 saturated heterocycles. The van der Waals surface area contributed by atoms with Gasteiger partial charge in [-0.1, -0.05) is 13.3 Å². The Balaban J connectivity index is 2.63. The van der Waals surface area contributed by atoms with Crippen molar-refractivity contribution in [1.82, 2.24) is 0 Å². The minimum atomic E-state index is -1.20. The molecule has 1 unspecified atom stereocenters. The van der Waals surface area contributed by atoms with Crippen molar-refractivity contribution in [2.75, 3.05) is 0 Å². The standard InChI is InChI=1S/C3H10ClNSi/c1-2-3-6(4)5/h6H,2-3,5H2,1H3. The second-order valence-electron chi connectivity index (χ2n) is 1.30. The Kier molecular flexibility index (Phi) is 3.93. The zero-order valence-electron chi connectivity index (χ0n) is 3.95. The molecule has 6 heavy (non-hydrogen) atoms. The van der Waals surface area contributed by atoms with Gasteiger partial charge in [0.2, 0.25) is 8.27 Å². The van der Waals surface area contributed by atoms with Crippen LogP contribution >= 0.6 is 11.1 Å². The van der Waals surface area contributed by atoms with Crippen LogP contribution in [-0.4, -0.2) is 8.27 Å². The molecular weight excluding hydrogens is 114 g/mol. The molecule has 0 aromatic carbocycles. The quantitative estimate of drug-likeness (QED) is 0.427. The van der Waals surface area contributed by atoms with E-state index in [9.17, 15) is 0 Å². The van der Waals surface area contributed by atoms with Gasteiger partial charge < -0.3 is 5.40 Å². The van der Waals surface area contributed by atoms with Crippen LogP contribution in [-0.2, 0) is 0 Å². The van der Waals surface area contributed by atoms with E-state index in [2.05, 4.69) is 6.92 Å². The van der Waals surface area contributed by atoms with Gasteiger partial charge >= 0.3 is 0 Å². The van der Waals surface area contributed by atoms with Crippen molar-refractivity contribution in [2.45, 2.75) is 19.4 Å². The SMILES string of the molecule is CCC[SiH](N)Cl. The zero-order chi connectivity index (χ0) is 4.99. The van der Waals surface area contributed by atoms with Gasteiger partial charge in [0.05, 0.1) is 0 Å². The monoisotopic (exact) mass is 123 g/mol. The summed E-state index contributed by atoms with van der Waals surface area (Å²) in [4.78, 5) is 0. The average molecular weight is 124 g/mol. The molecule has 0 saturated carbocycles. The molecule has 0 fully saturated rings. The van der Waals surface area contributed by atoms with Gasteiger partial charge in [-0.15, -0.1) is 0 Å².